The van der Waals surface area contributed by atoms with Gasteiger partial charge in [0.1, 0.15) is 12.6 Å². The summed E-state index contributed by atoms with van der Waals surface area (Å²) in [4.78, 5) is 32.7. The van der Waals surface area contributed by atoms with Gasteiger partial charge >= 0.3 is 0 Å². The predicted molar refractivity (Wildman–Crippen MR) is 117 cm³/mol. The van der Waals surface area contributed by atoms with Crippen molar-refractivity contribution in [1.29, 1.82) is 0 Å². The van der Waals surface area contributed by atoms with Gasteiger partial charge in [0, 0.05) is 16.7 Å². The highest BCUT2D eigenvalue weighted by atomic mass is 16.2. The highest BCUT2D eigenvalue weighted by Gasteiger charge is 2.37. The number of carbonyl (C=O) groups excluding carboxylic acids is 2. The van der Waals surface area contributed by atoms with Gasteiger partial charge in [-0.1, -0.05) is 62.4 Å². The van der Waals surface area contributed by atoms with Crippen molar-refractivity contribution < 1.29 is 9.59 Å². The number of nitrogens with zero attached hydrogens (tertiary/aromatic N) is 2. The summed E-state index contributed by atoms with van der Waals surface area (Å²) >= 11 is 0. The lowest BCUT2D eigenvalue weighted by molar-refractivity contribution is -0.128. The van der Waals surface area contributed by atoms with Crippen molar-refractivity contribution in [3.05, 3.63) is 65.7 Å². The van der Waals surface area contributed by atoms with E-state index in [1.54, 1.807) is 4.90 Å². The molecule has 0 spiro atoms. The van der Waals surface area contributed by atoms with Crippen molar-refractivity contribution in [1.82, 2.24) is 5.32 Å². The number of para-hydroxylation sites is 1. The maximum Gasteiger partial charge on any atom is 0.249 e. The molecule has 2 aromatic carbocycles. The molecule has 1 heterocycles. The van der Waals surface area contributed by atoms with Crippen molar-refractivity contribution in [2.24, 2.45) is 10.9 Å². The van der Waals surface area contributed by atoms with E-state index in [0.717, 1.165) is 22.5 Å². The Kier molecular flexibility index (Phi) is 5.87. The Morgan fingerprint density at radius 2 is 1.66 bits per heavy atom. The minimum Gasteiger partial charge on any atom is -0.350 e. The Bertz CT molecular complexity index is 927. The van der Waals surface area contributed by atoms with Gasteiger partial charge in [-0.15, -0.1) is 0 Å². The molecule has 5 heteroatoms. The summed E-state index contributed by atoms with van der Waals surface area (Å²) in [5, 5.41) is 3.04. The second-order valence-corrected chi connectivity index (χ2v) is 8.74. The molecule has 0 bridgehead atoms. The van der Waals surface area contributed by atoms with Crippen LogP contribution in [0, 0.1) is 5.92 Å². The molecule has 1 unspecified atom stereocenters. The number of hydrogen-bond donors (Lipinski definition) is 1. The van der Waals surface area contributed by atoms with E-state index in [9.17, 15) is 9.59 Å². The number of hydrogen-bond acceptors (Lipinski definition) is 3. The molecule has 0 aromatic heterocycles. The van der Waals surface area contributed by atoms with Gasteiger partial charge in [-0.3, -0.25) is 19.5 Å². The molecule has 1 N–H and O–H groups in total. The Labute approximate surface area is 172 Å². The van der Waals surface area contributed by atoms with Crippen LogP contribution in [0.25, 0.3) is 0 Å². The van der Waals surface area contributed by atoms with Crippen LogP contribution < -0.4 is 10.2 Å². The third-order valence-corrected chi connectivity index (χ3v) is 4.78. The minimum atomic E-state index is -0.617. The summed E-state index contributed by atoms with van der Waals surface area (Å²) in [5.74, 6) is -0.391. The second kappa shape index (κ2) is 8.19. The maximum atomic E-state index is 13.2. The Morgan fingerprint density at radius 1 is 1.03 bits per heavy atom. The van der Waals surface area contributed by atoms with Crippen molar-refractivity contribution in [2.75, 3.05) is 11.4 Å². The van der Waals surface area contributed by atoms with Crippen molar-refractivity contribution in [3.8, 4) is 0 Å². The van der Waals surface area contributed by atoms with E-state index in [1.165, 1.54) is 0 Å². The first kappa shape index (κ1) is 20.8. The number of benzene rings is 2. The second-order valence-electron chi connectivity index (χ2n) is 8.74. The summed E-state index contributed by atoms with van der Waals surface area (Å²) in [6.45, 7) is 9.76. The number of rotatable bonds is 4. The fourth-order valence-electron chi connectivity index (χ4n) is 3.64. The van der Waals surface area contributed by atoms with Gasteiger partial charge in [0.15, 0.2) is 0 Å². The molecule has 29 heavy (non-hydrogen) atoms. The van der Waals surface area contributed by atoms with Crippen molar-refractivity contribution in [2.45, 2.75) is 46.2 Å². The van der Waals surface area contributed by atoms with Crippen molar-refractivity contribution in [3.63, 3.8) is 0 Å². The molecule has 1 aliphatic rings. The quantitative estimate of drug-likeness (QED) is 0.861. The third-order valence-electron chi connectivity index (χ3n) is 4.78. The van der Waals surface area contributed by atoms with E-state index in [2.05, 4.69) is 10.3 Å². The zero-order valence-electron chi connectivity index (χ0n) is 17.8. The predicted octanol–water partition coefficient (Wildman–Crippen LogP) is 3.81. The number of amides is 2. The largest absolute Gasteiger partial charge is 0.350 e. The zero-order chi connectivity index (χ0) is 21.2. The monoisotopic (exact) mass is 391 g/mol. The zero-order valence-corrected chi connectivity index (χ0v) is 17.8. The lowest BCUT2D eigenvalue weighted by atomic mass is 9.96. The van der Waals surface area contributed by atoms with Gasteiger partial charge < -0.3 is 5.32 Å². The molecule has 5 nitrogen and oxygen atoms in total. The molecule has 2 aromatic rings. The average molecular weight is 392 g/mol. The van der Waals surface area contributed by atoms with Gasteiger partial charge in [0.2, 0.25) is 11.8 Å². The van der Waals surface area contributed by atoms with Gasteiger partial charge in [0.25, 0.3) is 0 Å². The molecular formula is C24H29N3O2. The van der Waals surface area contributed by atoms with Crippen LogP contribution in [0.3, 0.4) is 0 Å². The molecule has 0 aliphatic carbocycles. The molecule has 0 saturated carbocycles. The number of fused-ring (bicyclic) bond motifs is 1. The minimum absolute atomic E-state index is 0.00489. The highest BCUT2D eigenvalue weighted by molar-refractivity contribution is 6.20. The van der Waals surface area contributed by atoms with Crippen LogP contribution in [-0.4, -0.2) is 35.7 Å². The number of carbonyl (C=O) groups is 2. The molecule has 2 amide bonds. The van der Waals surface area contributed by atoms with E-state index in [-0.39, 0.29) is 29.8 Å². The molecule has 1 aliphatic heterocycles. The standard InChI is InChI=1S/C24H29N3O2/c1-16(2)22(23(29)26-24(3,4)5)27-19-14-10-9-13-18(19)21(25-15-20(27)28)17-11-7-6-8-12-17/h6-14,16,22H,15H2,1-5H3,(H,26,29). The number of nitrogens with one attached hydrogen (secondary N) is 1. The topological polar surface area (TPSA) is 61.8 Å². The van der Waals surface area contributed by atoms with E-state index < -0.39 is 6.04 Å². The Hall–Kier alpha value is -2.95. The summed E-state index contributed by atoms with van der Waals surface area (Å²) in [6.07, 6.45) is 0. The summed E-state index contributed by atoms with van der Waals surface area (Å²) in [7, 11) is 0. The molecule has 1 atom stereocenters. The normalized spacial score (nSPS) is 15.4. The Morgan fingerprint density at radius 3 is 2.28 bits per heavy atom. The smallest absolute Gasteiger partial charge is 0.249 e. The van der Waals surface area contributed by atoms with Gasteiger partial charge in [-0.05, 0) is 32.8 Å². The number of aliphatic imine (C=N–C) groups is 1. The van der Waals surface area contributed by atoms with E-state index in [0.29, 0.717) is 0 Å². The maximum absolute atomic E-state index is 13.2. The molecular weight excluding hydrogens is 362 g/mol. The molecule has 152 valence electrons. The van der Waals surface area contributed by atoms with E-state index >= 15 is 0 Å². The first-order valence-electron chi connectivity index (χ1n) is 10.0. The first-order valence-corrected chi connectivity index (χ1v) is 10.0. The lowest BCUT2D eigenvalue weighted by Gasteiger charge is -2.35. The van der Waals surface area contributed by atoms with Gasteiger partial charge in [-0.2, -0.15) is 0 Å². The average Bonchev–Trinajstić information content (AvgIpc) is 2.78. The summed E-state index contributed by atoms with van der Waals surface area (Å²) in [5.41, 5.74) is 2.93. The molecule has 3 rings (SSSR count). The molecule has 0 fully saturated rings. The number of benzodiazepines with no additional fused rings is 1. The SMILES string of the molecule is CC(C)C(C(=O)NC(C)(C)C)N1C(=O)CN=C(c2ccccc2)c2ccccc21. The van der Waals surface area contributed by atoms with E-state index in [4.69, 9.17) is 0 Å². The highest BCUT2D eigenvalue weighted by Crippen LogP contribution is 2.30. The fraction of sp³-hybridized carbons (Fsp3) is 0.375. The summed E-state index contributed by atoms with van der Waals surface area (Å²) in [6, 6.07) is 16.9. The summed E-state index contributed by atoms with van der Waals surface area (Å²) < 4.78 is 0. The van der Waals surface area contributed by atoms with Crippen LogP contribution in [0.2, 0.25) is 0 Å². The van der Waals surface area contributed by atoms with Crippen LogP contribution in [-0.2, 0) is 9.59 Å². The fourth-order valence-corrected chi connectivity index (χ4v) is 3.64. The first-order chi connectivity index (χ1) is 13.7. The van der Waals surface area contributed by atoms with Crippen molar-refractivity contribution >= 4 is 23.2 Å². The lowest BCUT2D eigenvalue weighted by Crippen LogP contribution is -2.56. The third kappa shape index (κ3) is 4.56. The van der Waals surface area contributed by atoms with Crippen LogP contribution in [0.1, 0.15) is 45.7 Å². The van der Waals surface area contributed by atoms with Crippen LogP contribution in [0.5, 0.6) is 0 Å². The van der Waals surface area contributed by atoms with E-state index in [1.807, 2.05) is 89.2 Å². The van der Waals surface area contributed by atoms with Crippen LogP contribution in [0.15, 0.2) is 59.6 Å². The molecule has 0 radical (unpaired) electrons. The van der Waals surface area contributed by atoms with Gasteiger partial charge in [0.05, 0.1) is 11.4 Å². The molecule has 0 saturated heterocycles. The Balaban J connectivity index is 2.11. The number of anilines is 1. The van der Waals surface area contributed by atoms with Crippen LogP contribution >= 0.6 is 0 Å². The van der Waals surface area contributed by atoms with Gasteiger partial charge in [-0.25, -0.2) is 0 Å². The van der Waals surface area contributed by atoms with Crippen LogP contribution in [0.4, 0.5) is 5.69 Å².